The number of rotatable bonds is 8. The van der Waals surface area contributed by atoms with Gasteiger partial charge in [0.1, 0.15) is 13.2 Å². The SMILES string of the molecule is CCCN(CC(=O)O)C(=O)c1occc1NC(=O)OCC1c2ccccc2-c2ccccc21. The van der Waals surface area contributed by atoms with Gasteiger partial charge in [-0.05, 0) is 28.7 Å². The Morgan fingerprint density at radius 3 is 2.27 bits per heavy atom. The fourth-order valence-corrected chi connectivity index (χ4v) is 4.15. The monoisotopic (exact) mass is 448 g/mol. The van der Waals surface area contributed by atoms with E-state index in [4.69, 9.17) is 14.3 Å². The molecule has 0 bridgehead atoms. The molecule has 2 amide bonds. The second kappa shape index (κ2) is 9.60. The van der Waals surface area contributed by atoms with E-state index in [1.54, 1.807) is 0 Å². The maximum Gasteiger partial charge on any atom is 0.411 e. The maximum atomic E-state index is 12.8. The predicted molar refractivity (Wildman–Crippen MR) is 121 cm³/mol. The molecule has 1 aliphatic carbocycles. The molecule has 1 heterocycles. The van der Waals surface area contributed by atoms with E-state index in [9.17, 15) is 14.4 Å². The Bertz CT molecular complexity index is 1140. The lowest BCUT2D eigenvalue weighted by Crippen LogP contribution is -2.36. The first kappa shape index (κ1) is 22.1. The van der Waals surface area contributed by atoms with Crippen LogP contribution in [0.1, 0.15) is 40.9 Å². The largest absolute Gasteiger partial charge is 0.480 e. The van der Waals surface area contributed by atoms with Crippen molar-refractivity contribution in [3.63, 3.8) is 0 Å². The van der Waals surface area contributed by atoms with Crippen LogP contribution in [0.5, 0.6) is 0 Å². The van der Waals surface area contributed by atoms with Crippen LogP contribution in [0.3, 0.4) is 0 Å². The predicted octanol–water partition coefficient (Wildman–Crippen LogP) is 4.58. The van der Waals surface area contributed by atoms with E-state index in [-0.39, 0.29) is 30.5 Å². The molecule has 2 aromatic carbocycles. The molecule has 3 aromatic rings. The number of nitrogens with one attached hydrogen (secondary N) is 1. The molecule has 1 aliphatic rings. The third-order valence-corrected chi connectivity index (χ3v) is 5.55. The molecule has 8 nitrogen and oxygen atoms in total. The minimum atomic E-state index is -1.13. The van der Waals surface area contributed by atoms with E-state index in [0.29, 0.717) is 6.42 Å². The first-order valence-electron chi connectivity index (χ1n) is 10.7. The standard InChI is InChI=1S/C25H24N2O6/c1-2-12-27(14-22(28)29)24(30)23-21(11-13-32-23)26-25(31)33-15-20-18-9-5-3-7-16(18)17-8-4-6-10-19(17)20/h3-11,13,20H,2,12,14-15H2,1H3,(H,26,31)(H,28,29). The molecule has 1 aromatic heterocycles. The Balaban J connectivity index is 1.44. The van der Waals surface area contributed by atoms with Crippen molar-refractivity contribution in [2.24, 2.45) is 0 Å². The highest BCUT2D eigenvalue weighted by molar-refractivity contribution is 6.01. The maximum absolute atomic E-state index is 12.8. The number of hydrogen-bond donors (Lipinski definition) is 2. The van der Waals surface area contributed by atoms with Gasteiger partial charge in [0, 0.05) is 18.5 Å². The van der Waals surface area contributed by atoms with Crippen molar-refractivity contribution in [3.05, 3.63) is 77.7 Å². The van der Waals surface area contributed by atoms with Crippen molar-refractivity contribution < 1.29 is 28.6 Å². The smallest absolute Gasteiger partial charge is 0.411 e. The van der Waals surface area contributed by atoms with Crippen LogP contribution >= 0.6 is 0 Å². The van der Waals surface area contributed by atoms with Gasteiger partial charge in [0.25, 0.3) is 5.91 Å². The molecule has 0 fully saturated rings. The van der Waals surface area contributed by atoms with Gasteiger partial charge in [-0.2, -0.15) is 0 Å². The molecular weight excluding hydrogens is 424 g/mol. The fourth-order valence-electron chi connectivity index (χ4n) is 4.15. The minimum Gasteiger partial charge on any atom is -0.480 e. The second-order valence-corrected chi connectivity index (χ2v) is 7.73. The average Bonchev–Trinajstić information content (AvgIpc) is 3.39. The van der Waals surface area contributed by atoms with Crippen LogP contribution in [0.15, 0.2) is 65.3 Å². The number of fused-ring (bicyclic) bond motifs is 3. The van der Waals surface area contributed by atoms with Crippen molar-refractivity contribution in [2.45, 2.75) is 19.3 Å². The number of benzene rings is 2. The zero-order valence-electron chi connectivity index (χ0n) is 18.1. The lowest BCUT2D eigenvalue weighted by molar-refractivity contribution is -0.137. The summed E-state index contributed by atoms with van der Waals surface area (Å²) in [6.07, 6.45) is 1.11. The van der Waals surface area contributed by atoms with Crippen LogP contribution in [-0.2, 0) is 9.53 Å². The Hall–Kier alpha value is -4.07. The van der Waals surface area contributed by atoms with Crippen molar-refractivity contribution >= 4 is 23.7 Å². The molecule has 0 saturated heterocycles. The normalized spacial score (nSPS) is 12.0. The quantitative estimate of drug-likeness (QED) is 0.522. The van der Waals surface area contributed by atoms with Gasteiger partial charge in [0.2, 0.25) is 5.76 Å². The lowest BCUT2D eigenvalue weighted by atomic mass is 9.98. The lowest BCUT2D eigenvalue weighted by Gasteiger charge is -2.19. The van der Waals surface area contributed by atoms with Gasteiger partial charge in [0.05, 0.1) is 12.0 Å². The minimum absolute atomic E-state index is 0.0933. The van der Waals surface area contributed by atoms with Crippen molar-refractivity contribution in [3.8, 4) is 11.1 Å². The summed E-state index contributed by atoms with van der Waals surface area (Å²) in [5.74, 6) is -1.98. The number of anilines is 1. The number of carboxylic acids is 1. The summed E-state index contributed by atoms with van der Waals surface area (Å²) < 4.78 is 10.8. The number of hydrogen-bond acceptors (Lipinski definition) is 5. The van der Waals surface area contributed by atoms with Crippen molar-refractivity contribution in [1.82, 2.24) is 4.90 Å². The van der Waals surface area contributed by atoms with Crippen molar-refractivity contribution in [2.75, 3.05) is 25.0 Å². The number of nitrogens with zero attached hydrogens (tertiary/aromatic N) is 1. The zero-order chi connectivity index (χ0) is 23.4. The first-order valence-corrected chi connectivity index (χ1v) is 10.7. The van der Waals surface area contributed by atoms with E-state index in [1.165, 1.54) is 12.3 Å². The third-order valence-electron chi connectivity index (χ3n) is 5.55. The summed E-state index contributed by atoms with van der Waals surface area (Å²) in [6, 6.07) is 17.5. The van der Waals surface area contributed by atoms with Gasteiger partial charge < -0.3 is 19.2 Å². The molecule has 170 valence electrons. The number of carbonyl (C=O) groups excluding carboxylic acids is 2. The molecule has 8 heteroatoms. The van der Waals surface area contributed by atoms with Crippen LogP contribution < -0.4 is 5.32 Å². The molecule has 0 unspecified atom stereocenters. The number of carbonyl (C=O) groups is 3. The highest BCUT2D eigenvalue weighted by atomic mass is 16.5. The van der Waals surface area contributed by atoms with Crippen LogP contribution in [0.4, 0.5) is 10.5 Å². The van der Waals surface area contributed by atoms with E-state index in [2.05, 4.69) is 17.4 Å². The number of furan rings is 1. The van der Waals surface area contributed by atoms with E-state index >= 15 is 0 Å². The zero-order valence-corrected chi connectivity index (χ0v) is 18.1. The summed E-state index contributed by atoms with van der Waals surface area (Å²) in [7, 11) is 0. The van der Waals surface area contributed by atoms with Gasteiger partial charge in [-0.1, -0.05) is 55.5 Å². The Kier molecular flexibility index (Phi) is 6.44. The number of ether oxygens (including phenoxy) is 1. The summed E-state index contributed by atoms with van der Waals surface area (Å²) in [6.45, 7) is 1.75. The summed E-state index contributed by atoms with van der Waals surface area (Å²) in [5.41, 5.74) is 4.56. The average molecular weight is 448 g/mol. The Labute approximate surface area is 190 Å². The Morgan fingerprint density at radius 1 is 1.03 bits per heavy atom. The molecule has 4 rings (SSSR count). The van der Waals surface area contributed by atoms with Gasteiger partial charge in [-0.25, -0.2) is 4.79 Å². The highest BCUT2D eigenvalue weighted by Crippen LogP contribution is 2.44. The van der Waals surface area contributed by atoms with Crippen LogP contribution in [-0.4, -0.2) is 47.7 Å². The first-order chi connectivity index (χ1) is 16.0. The molecule has 0 saturated carbocycles. The second-order valence-electron chi connectivity index (χ2n) is 7.73. The Morgan fingerprint density at radius 2 is 1.67 bits per heavy atom. The van der Waals surface area contributed by atoms with E-state index in [0.717, 1.165) is 27.2 Å². The fraction of sp³-hybridized carbons (Fsp3) is 0.240. The van der Waals surface area contributed by atoms with E-state index < -0.39 is 24.5 Å². The molecule has 2 N–H and O–H groups in total. The molecule has 0 atom stereocenters. The van der Waals surface area contributed by atoms with Gasteiger partial charge in [0.15, 0.2) is 0 Å². The molecular formula is C25H24N2O6. The summed E-state index contributed by atoms with van der Waals surface area (Å²) in [5, 5.41) is 11.6. The van der Waals surface area contributed by atoms with Gasteiger partial charge >= 0.3 is 12.1 Å². The topological polar surface area (TPSA) is 109 Å². The third kappa shape index (κ3) is 4.59. The molecule has 0 spiro atoms. The molecule has 0 aliphatic heterocycles. The van der Waals surface area contributed by atoms with Crippen molar-refractivity contribution in [1.29, 1.82) is 0 Å². The summed E-state index contributed by atoms with van der Waals surface area (Å²) >= 11 is 0. The van der Waals surface area contributed by atoms with Gasteiger partial charge in [-0.15, -0.1) is 0 Å². The van der Waals surface area contributed by atoms with E-state index in [1.807, 2.05) is 43.3 Å². The molecule has 0 radical (unpaired) electrons. The van der Waals surface area contributed by atoms with Crippen LogP contribution in [0.25, 0.3) is 11.1 Å². The molecule has 33 heavy (non-hydrogen) atoms. The van der Waals surface area contributed by atoms with Crippen LogP contribution in [0, 0.1) is 0 Å². The number of amides is 2. The number of aliphatic carboxylic acids is 1. The number of carboxylic acid groups (broad SMARTS) is 1. The van der Waals surface area contributed by atoms with Crippen LogP contribution in [0.2, 0.25) is 0 Å². The van der Waals surface area contributed by atoms with Gasteiger partial charge in [-0.3, -0.25) is 14.9 Å². The highest BCUT2D eigenvalue weighted by Gasteiger charge is 2.29. The summed E-state index contributed by atoms with van der Waals surface area (Å²) in [4.78, 5) is 37.5.